The van der Waals surface area contributed by atoms with Gasteiger partial charge < -0.3 is 14.2 Å². The molecule has 0 aliphatic carbocycles. The first-order chi connectivity index (χ1) is 14.9. The molecule has 0 atom stereocenters. The van der Waals surface area contributed by atoms with E-state index in [2.05, 4.69) is 5.92 Å². The lowest BCUT2D eigenvalue weighted by molar-refractivity contribution is 0.0392. The van der Waals surface area contributed by atoms with E-state index >= 15 is 0 Å². The van der Waals surface area contributed by atoms with Gasteiger partial charge in [0.25, 0.3) is 0 Å². The molecule has 0 unspecified atom stereocenters. The largest absolute Gasteiger partial charge is 0.497 e. The van der Waals surface area contributed by atoms with Gasteiger partial charge in [0.2, 0.25) is 0 Å². The lowest BCUT2D eigenvalue weighted by Gasteiger charge is -2.07. The number of methoxy groups -OCH3 is 1. The van der Waals surface area contributed by atoms with Crippen molar-refractivity contribution >= 4 is 0 Å². The van der Waals surface area contributed by atoms with E-state index in [9.17, 15) is 0 Å². The van der Waals surface area contributed by atoms with Gasteiger partial charge >= 0.3 is 0 Å². The average Bonchev–Trinajstić information content (AvgIpc) is 2.78. The van der Waals surface area contributed by atoms with Gasteiger partial charge in [-0.1, -0.05) is 82.8 Å². The van der Waals surface area contributed by atoms with Gasteiger partial charge in [-0.05, 0) is 30.5 Å². The minimum atomic E-state index is 0.625. The zero-order valence-electron chi connectivity index (χ0n) is 19.3. The van der Waals surface area contributed by atoms with Crippen LogP contribution < -0.4 is 4.74 Å². The van der Waals surface area contributed by atoms with Crippen LogP contribution in [0.15, 0.2) is 24.3 Å². The van der Waals surface area contributed by atoms with Crippen molar-refractivity contribution in [3.05, 3.63) is 29.8 Å². The first kappa shape index (κ1) is 26.5. The van der Waals surface area contributed by atoms with Crippen LogP contribution in [-0.2, 0) is 16.1 Å². The molecule has 0 N–H and O–H groups in total. The van der Waals surface area contributed by atoms with Crippen molar-refractivity contribution in [1.29, 1.82) is 0 Å². The lowest BCUT2D eigenvalue weighted by Crippen LogP contribution is -2.05. The predicted molar refractivity (Wildman–Crippen MR) is 127 cm³/mol. The van der Waals surface area contributed by atoms with Crippen molar-refractivity contribution < 1.29 is 14.2 Å². The van der Waals surface area contributed by atoms with Crippen LogP contribution in [0.2, 0.25) is 0 Å². The van der Waals surface area contributed by atoms with Crippen LogP contribution in [0.25, 0.3) is 0 Å². The summed E-state index contributed by atoms with van der Waals surface area (Å²) in [6.45, 7) is 2.81. The summed E-state index contributed by atoms with van der Waals surface area (Å²) in [5, 5.41) is 0. The van der Waals surface area contributed by atoms with Gasteiger partial charge in [-0.2, -0.15) is 0 Å². The number of benzene rings is 1. The number of terminal acetylenes is 1. The number of hydrogen-bond donors (Lipinski definition) is 0. The molecule has 0 saturated heterocycles. The highest BCUT2D eigenvalue weighted by Crippen LogP contribution is 2.13. The van der Waals surface area contributed by atoms with Gasteiger partial charge in [-0.3, -0.25) is 0 Å². The average molecular weight is 417 g/mol. The Labute approximate surface area is 185 Å². The molecule has 0 saturated carbocycles. The number of hydrogen-bond acceptors (Lipinski definition) is 3. The molecular formula is C27H44O3. The molecule has 0 heterocycles. The standard InChI is InChI=1S/C27H44O3/c1-3-4-5-6-7-8-9-10-11-12-13-14-15-16-17-22-29-23-24-30-25-26-18-20-27(28-2)21-19-26/h1,18-21H,4-17,22-25H2,2H3. The second-order valence-electron chi connectivity index (χ2n) is 8.06. The first-order valence-corrected chi connectivity index (χ1v) is 12.1. The summed E-state index contributed by atoms with van der Waals surface area (Å²) in [5.41, 5.74) is 1.16. The van der Waals surface area contributed by atoms with Gasteiger partial charge in [0, 0.05) is 13.0 Å². The van der Waals surface area contributed by atoms with Crippen molar-refractivity contribution in [2.45, 2.75) is 96.5 Å². The summed E-state index contributed by atoms with van der Waals surface area (Å²) in [6.07, 6.45) is 23.6. The fourth-order valence-corrected chi connectivity index (χ4v) is 3.51. The molecule has 0 radical (unpaired) electrons. The molecule has 0 spiro atoms. The van der Waals surface area contributed by atoms with Crippen LogP contribution in [0, 0.1) is 12.3 Å². The SMILES string of the molecule is C#CCCCCCCCCCCCCCCCOCCOCc1ccc(OC)cc1. The van der Waals surface area contributed by atoms with Crippen molar-refractivity contribution in [1.82, 2.24) is 0 Å². The quantitative estimate of drug-likeness (QED) is 0.155. The minimum absolute atomic E-state index is 0.625. The minimum Gasteiger partial charge on any atom is -0.497 e. The molecule has 0 bridgehead atoms. The van der Waals surface area contributed by atoms with Gasteiger partial charge in [-0.15, -0.1) is 12.3 Å². The van der Waals surface area contributed by atoms with E-state index in [1.807, 2.05) is 24.3 Å². The topological polar surface area (TPSA) is 27.7 Å². The van der Waals surface area contributed by atoms with Gasteiger partial charge in [0.1, 0.15) is 5.75 Å². The molecule has 1 rings (SSSR count). The highest BCUT2D eigenvalue weighted by Gasteiger charge is 1.97. The second kappa shape index (κ2) is 20.8. The van der Waals surface area contributed by atoms with E-state index in [0.717, 1.165) is 30.8 Å². The summed E-state index contributed by atoms with van der Waals surface area (Å²) in [4.78, 5) is 0. The zero-order valence-corrected chi connectivity index (χ0v) is 19.3. The third-order valence-corrected chi connectivity index (χ3v) is 5.41. The van der Waals surface area contributed by atoms with Gasteiger partial charge in [-0.25, -0.2) is 0 Å². The Morgan fingerprint density at radius 1 is 0.633 bits per heavy atom. The van der Waals surface area contributed by atoms with Crippen molar-refractivity contribution in [2.75, 3.05) is 26.9 Å². The van der Waals surface area contributed by atoms with E-state index in [0.29, 0.717) is 19.8 Å². The molecule has 0 aliphatic rings. The van der Waals surface area contributed by atoms with Crippen molar-refractivity contribution in [3.63, 3.8) is 0 Å². The van der Waals surface area contributed by atoms with Gasteiger partial charge in [0.15, 0.2) is 0 Å². The molecular weight excluding hydrogens is 372 g/mol. The predicted octanol–water partition coefficient (Wildman–Crippen LogP) is 7.32. The Kier molecular flexibility index (Phi) is 18.4. The van der Waals surface area contributed by atoms with Crippen molar-refractivity contribution in [2.24, 2.45) is 0 Å². The molecule has 1 aromatic carbocycles. The Balaban J connectivity index is 1.72. The number of ether oxygens (including phenoxy) is 3. The third-order valence-electron chi connectivity index (χ3n) is 5.41. The van der Waals surface area contributed by atoms with E-state index in [1.165, 1.54) is 77.0 Å². The lowest BCUT2D eigenvalue weighted by atomic mass is 10.0. The highest BCUT2D eigenvalue weighted by atomic mass is 16.5. The number of unbranched alkanes of at least 4 members (excludes halogenated alkanes) is 13. The fourth-order valence-electron chi connectivity index (χ4n) is 3.51. The molecule has 0 aliphatic heterocycles. The van der Waals surface area contributed by atoms with E-state index in [-0.39, 0.29) is 0 Å². The summed E-state index contributed by atoms with van der Waals surface area (Å²) in [6, 6.07) is 7.98. The van der Waals surface area contributed by atoms with Gasteiger partial charge in [0.05, 0.1) is 26.9 Å². The zero-order chi connectivity index (χ0) is 21.5. The molecule has 1 aromatic rings. The van der Waals surface area contributed by atoms with Crippen LogP contribution >= 0.6 is 0 Å². The monoisotopic (exact) mass is 416 g/mol. The van der Waals surface area contributed by atoms with Crippen LogP contribution in [-0.4, -0.2) is 26.9 Å². The van der Waals surface area contributed by atoms with Crippen molar-refractivity contribution in [3.8, 4) is 18.1 Å². The van der Waals surface area contributed by atoms with Crippen LogP contribution in [0.5, 0.6) is 5.75 Å². The summed E-state index contributed by atoms with van der Waals surface area (Å²) in [7, 11) is 1.68. The highest BCUT2D eigenvalue weighted by molar-refractivity contribution is 5.26. The summed E-state index contributed by atoms with van der Waals surface area (Å²) >= 11 is 0. The molecule has 0 fully saturated rings. The molecule has 30 heavy (non-hydrogen) atoms. The Morgan fingerprint density at radius 3 is 1.67 bits per heavy atom. The maximum absolute atomic E-state index is 5.67. The van der Waals surface area contributed by atoms with Crippen LogP contribution in [0.1, 0.15) is 95.5 Å². The second-order valence-corrected chi connectivity index (χ2v) is 8.06. The molecule has 0 aromatic heterocycles. The first-order valence-electron chi connectivity index (χ1n) is 12.1. The smallest absolute Gasteiger partial charge is 0.118 e. The molecule has 3 nitrogen and oxygen atoms in total. The Hall–Kier alpha value is -1.50. The third kappa shape index (κ3) is 16.3. The molecule has 3 heteroatoms. The normalized spacial score (nSPS) is 10.8. The molecule has 0 amide bonds. The number of rotatable bonds is 21. The van der Waals surface area contributed by atoms with E-state index in [1.54, 1.807) is 7.11 Å². The van der Waals surface area contributed by atoms with Crippen LogP contribution in [0.3, 0.4) is 0 Å². The summed E-state index contributed by atoms with van der Waals surface area (Å²) in [5.74, 6) is 3.59. The maximum Gasteiger partial charge on any atom is 0.118 e. The fraction of sp³-hybridized carbons (Fsp3) is 0.704. The van der Waals surface area contributed by atoms with E-state index < -0.39 is 0 Å². The Bertz CT molecular complexity index is 518. The summed E-state index contributed by atoms with van der Waals surface area (Å²) < 4.78 is 16.5. The molecule has 170 valence electrons. The Morgan fingerprint density at radius 2 is 1.13 bits per heavy atom. The van der Waals surface area contributed by atoms with Crippen LogP contribution in [0.4, 0.5) is 0 Å². The van der Waals surface area contributed by atoms with E-state index in [4.69, 9.17) is 20.6 Å². The maximum atomic E-state index is 5.67.